The van der Waals surface area contributed by atoms with E-state index in [1.165, 1.54) is 6.21 Å². The molecule has 6 N–H and O–H groups in total. The maximum atomic E-state index is 9.96. The number of hydrogen-bond donors (Lipinski definition) is 4. The predicted molar refractivity (Wildman–Crippen MR) is 97.5 cm³/mol. The minimum atomic E-state index is -1.00. The van der Waals surface area contributed by atoms with Crippen molar-refractivity contribution in [1.82, 2.24) is 0 Å². The molecule has 0 aliphatic carbocycles. The summed E-state index contributed by atoms with van der Waals surface area (Å²) in [5, 5.41) is 14.2. The zero-order valence-corrected chi connectivity index (χ0v) is 13.5. The fraction of sp³-hybridized carbons (Fsp3) is 0.0667. The standard InChI is InChI=1S/C7H7IN2.C7H8N2.CH3F/c8-7(10)5-3-1-2-4-6(5)9;8-5-6-3-1-2-4-7(6)9;1-2/h1-4,10H,9H2;1-5,8H,9H2;1H3/i;;1D. The Balaban J connectivity index is 0.000000342. The monoisotopic (exact) mass is 401 g/mol. The van der Waals surface area contributed by atoms with Crippen LogP contribution in [-0.4, -0.2) is 17.1 Å². The van der Waals surface area contributed by atoms with Crippen LogP contribution in [0, 0.1) is 10.8 Å². The molecule has 0 spiro atoms. The minimum Gasteiger partial charge on any atom is -0.398 e. The molecule has 0 aliphatic rings. The zero-order valence-electron chi connectivity index (χ0n) is 12.3. The Labute approximate surface area is 138 Å². The minimum absolute atomic E-state index is 0.482. The molecule has 0 bridgehead atoms. The van der Waals surface area contributed by atoms with Crippen LogP contribution in [0.2, 0.25) is 0 Å². The molecule has 2 aromatic rings. The van der Waals surface area contributed by atoms with Crippen LogP contribution in [0.3, 0.4) is 0 Å². The molecule has 0 unspecified atom stereocenters. The number of anilines is 2. The van der Waals surface area contributed by atoms with E-state index in [1.807, 2.05) is 59.0 Å². The van der Waals surface area contributed by atoms with E-state index in [1.54, 1.807) is 12.1 Å². The first-order valence-electron chi connectivity index (χ1n) is 6.47. The number of nitrogens with one attached hydrogen (secondary N) is 2. The maximum Gasteiger partial charge on any atom is 0.101 e. The van der Waals surface area contributed by atoms with E-state index in [0.717, 1.165) is 11.1 Å². The van der Waals surface area contributed by atoms with Gasteiger partial charge in [0.15, 0.2) is 0 Å². The van der Waals surface area contributed by atoms with Gasteiger partial charge < -0.3 is 16.9 Å². The van der Waals surface area contributed by atoms with Crippen molar-refractivity contribution in [3.63, 3.8) is 0 Å². The third kappa shape index (κ3) is 6.84. The number of rotatable bonds is 2. The summed E-state index contributed by atoms with van der Waals surface area (Å²) >= 11 is 1.94. The fourth-order valence-electron chi connectivity index (χ4n) is 1.34. The van der Waals surface area contributed by atoms with E-state index in [0.29, 0.717) is 15.1 Å². The van der Waals surface area contributed by atoms with Gasteiger partial charge in [0.25, 0.3) is 0 Å². The quantitative estimate of drug-likeness (QED) is 0.349. The lowest BCUT2D eigenvalue weighted by Crippen LogP contribution is -1.95. The van der Waals surface area contributed by atoms with Gasteiger partial charge in [-0.3, -0.25) is 9.80 Å². The normalized spacial score (nSPS) is 9.14. The zero-order chi connectivity index (χ0) is 17.0. The first-order chi connectivity index (χ1) is 10.5. The van der Waals surface area contributed by atoms with Crippen molar-refractivity contribution >= 4 is 43.9 Å². The largest absolute Gasteiger partial charge is 0.398 e. The number of hydrogen-bond acceptors (Lipinski definition) is 4. The van der Waals surface area contributed by atoms with Crippen molar-refractivity contribution in [2.24, 2.45) is 0 Å². The molecular formula is C15H18FIN4. The van der Waals surface area contributed by atoms with Crippen LogP contribution < -0.4 is 11.5 Å². The van der Waals surface area contributed by atoms with Crippen LogP contribution >= 0.6 is 22.6 Å². The molecule has 112 valence electrons. The van der Waals surface area contributed by atoms with Crippen molar-refractivity contribution in [1.29, 1.82) is 10.8 Å². The summed E-state index contributed by atoms with van der Waals surface area (Å²) in [5.74, 6) is 0. The summed E-state index contributed by atoms with van der Waals surface area (Å²) in [4.78, 5) is 0. The van der Waals surface area contributed by atoms with Gasteiger partial charge in [-0.15, -0.1) is 0 Å². The molecule has 0 aliphatic heterocycles. The Morgan fingerprint density at radius 1 is 1.14 bits per heavy atom. The number of para-hydroxylation sites is 2. The third-order valence-corrected chi connectivity index (χ3v) is 2.93. The highest BCUT2D eigenvalue weighted by molar-refractivity contribution is 14.1. The van der Waals surface area contributed by atoms with Gasteiger partial charge in [-0.05, 0) is 34.7 Å². The number of nitrogen functional groups attached to an aromatic ring is 2. The van der Waals surface area contributed by atoms with Crippen molar-refractivity contribution in [3.8, 4) is 0 Å². The molecule has 2 aromatic carbocycles. The molecule has 4 nitrogen and oxygen atoms in total. The molecule has 0 amide bonds. The highest BCUT2D eigenvalue weighted by Crippen LogP contribution is 2.13. The highest BCUT2D eigenvalue weighted by atomic mass is 127. The Kier molecular flexibility index (Phi) is 8.78. The van der Waals surface area contributed by atoms with E-state index in [2.05, 4.69) is 0 Å². The van der Waals surface area contributed by atoms with Gasteiger partial charge in [-0.1, -0.05) is 36.4 Å². The Morgan fingerprint density at radius 2 is 1.62 bits per heavy atom. The second-order valence-electron chi connectivity index (χ2n) is 3.67. The van der Waals surface area contributed by atoms with E-state index in [4.69, 9.17) is 23.7 Å². The third-order valence-electron chi connectivity index (χ3n) is 2.35. The Hall–Kier alpha value is -1.96. The topological polar surface area (TPSA) is 99.7 Å². The van der Waals surface area contributed by atoms with Gasteiger partial charge >= 0.3 is 0 Å². The van der Waals surface area contributed by atoms with E-state index >= 15 is 0 Å². The molecule has 0 saturated carbocycles. The second kappa shape index (κ2) is 10.8. The fourth-order valence-corrected chi connectivity index (χ4v) is 1.83. The number of nitrogens with two attached hydrogens (primary N) is 2. The van der Waals surface area contributed by atoms with Crippen LogP contribution in [0.25, 0.3) is 0 Å². The molecule has 0 aromatic heterocycles. The van der Waals surface area contributed by atoms with Gasteiger partial charge in [-0.2, -0.15) is 0 Å². The van der Waals surface area contributed by atoms with Crippen molar-refractivity contribution in [2.75, 3.05) is 18.6 Å². The van der Waals surface area contributed by atoms with Gasteiger partial charge in [0.1, 0.15) is 3.72 Å². The van der Waals surface area contributed by atoms with Crippen LogP contribution in [-0.2, 0) is 0 Å². The lowest BCUT2D eigenvalue weighted by molar-refractivity contribution is 0.636. The Bertz CT molecular complexity index is 608. The molecule has 0 saturated heterocycles. The van der Waals surface area contributed by atoms with Gasteiger partial charge in [0.2, 0.25) is 0 Å². The van der Waals surface area contributed by atoms with E-state index in [9.17, 15) is 4.39 Å². The highest BCUT2D eigenvalue weighted by Gasteiger charge is 1.98. The lowest BCUT2D eigenvalue weighted by Gasteiger charge is -1.99. The average molecular weight is 401 g/mol. The number of benzene rings is 2. The van der Waals surface area contributed by atoms with Crippen LogP contribution in [0.4, 0.5) is 15.8 Å². The van der Waals surface area contributed by atoms with Gasteiger partial charge in [0.05, 0.1) is 8.52 Å². The molecule has 0 radical (unpaired) electrons. The Morgan fingerprint density at radius 3 is 1.95 bits per heavy atom. The maximum absolute atomic E-state index is 9.96. The summed E-state index contributed by atoms with van der Waals surface area (Å²) in [6, 6.07) is 14.7. The second-order valence-corrected chi connectivity index (χ2v) is 4.75. The SMILES string of the molecule is N=C(I)c1ccccc1N.N=Cc1ccccc1N.[2H]CF. The summed E-state index contributed by atoms with van der Waals surface area (Å²) in [7, 11) is -1.00. The number of halogens is 2. The summed E-state index contributed by atoms with van der Waals surface area (Å²) in [6.07, 6.45) is 1.25. The molecule has 21 heavy (non-hydrogen) atoms. The van der Waals surface area contributed by atoms with Crippen molar-refractivity contribution < 1.29 is 5.76 Å². The van der Waals surface area contributed by atoms with E-state index < -0.39 is 7.15 Å². The van der Waals surface area contributed by atoms with Crippen LogP contribution in [0.15, 0.2) is 48.5 Å². The molecule has 2 rings (SSSR count). The first kappa shape index (κ1) is 17.1. The average Bonchev–Trinajstić information content (AvgIpc) is 2.49. The van der Waals surface area contributed by atoms with Crippen molar-refractivity contribution in [2.45, 2.75) is 0 Å². The molecule has 0 atom stereocenters. The van der Waals surface area contributed by atoms with Crippen LogP contribution in [0.5, 0.6) is 0 Å². The molecule has 6 heteroatoms. The molecule has 0 fully saturated rings. The first-order valence-corrected chi connectivity index (χ1v) is 6.84. The van der Waals surface area contributed by atoms with Gasteiger partial charge in [0, 0.05) is 28.7 Å². The number of alkyl halides is 1. The lowest BCUT2D eigenvalue weighted by atomic mass is 10.2. The molecular weight excluding hydrogens is 382 g/mol. The van der Waals surface area contributed by atoms with Crippen LogP contribution in [0.1, 0.15) is 12.5 Å². The predicted octanol–water partition coefficient (Wildman–Crippen LogP) is 3.88. The smallest absolute Gasteiger partial charge is 0.101 e. The molecule has 0 heterocycles. The summed E-state index contributed by atoms with van der Waals surface area (Å²) in [6.45, 7) is 0. The summed E-state index contributed by atoms with van der Waals surface area (Å²) in [5.41, 5.74) is 14.0. The summed E-state index contributed by atoms with van der Waals surface area (Å²) < 4.78 is 16.0. The van der Waals surface area contributed by atoms with Crippen molar-refractivity contribution in [3.05, 3.63) is 59.7 Å². The van der Waals surface area contributed by atoms with Gasteiger partial charge in [-0.25, -0.2) is 0 Å². The van der Waals surface area contributed by atoms with E-state index in [-0.39, 0.29) is 0 Å².